The van der Waals surface area contributed by atoms with Crippen LogP contribution in [0.15, 0.2) is 30.3 Å². The molecular weight excluding hydrogens is 297 g/mol. The van der Waals surface area contributed by atoms with Gasteiger partial charge in [-0.15, -0.1) is 0 Å². The largest absolute Gasteiger partial charge is 0.445 e. The molecule has 0 spiro atoms. The summed E-state index contributed by atoms with van der Waals surface area (Å²) in [5.41, 5.74) is 4.27. The number of hydrogen-bond acceptors (Lipinski definition) is 3. The third-order valence-corrected chi connectivity index (χ3v) is 4.18. The molecule has 22 heavy (non-hydrogen) atoms. The Hall–Kier alpha value is -1.76. The number of alkyl halides is 3. The van der Waals surface area contributed by atoms with E-state index >= 15 is 0 Å². The minimum Gasteiger partial charge on any atom is -0.445 e. The molecule has 1 heterocycles. The lowest BCUT2D eigenvalue weighted by atomic mass is 9.78. The fourth-order valence-electron chi connectivity index (χ4n) is 2.53. The van der Waals surface area contributed by atoms with Crippen molar-refractivity contribution in [3.63, 3.8) is 0 Å². The predicted molar refractivity (Wildman–Crippen MR) is 75.0 cm³/mol. The molecule has 0 atom stereocenters. The number of nitrogens with zero attached hydrogens (tertiary/aromatic N) is 1. The Bertz CT molecular complexity index is 497. The van der Waals surface area contributed by atoms with Gasteiger partial charge in [0, 0.05) is 19.6 Å². The van der Waals surface area contributed by atoms with Gasteiger partial charge in [0.15, 0.2) is 0 Å². The van der Waals surface area contributed by atoms with Gasteiger partial charge in [-0.3, -0.25) is 0 Å². The zero-order valence-electron chi connectivity index (χ0n) is 12.1. The molecule has 7 heteroatoms. The molecule has 0 bridgehead atoms. The Morgan fingerprint density at radius 1 is 1.23 bits per heavy atom. The standard InChI is InChI=1S/C15H19F3N2O2/c16-15(17,18)14(11-19)6-8-20(9-7-14)13(21)22-10-12-4-2-1-3-5-12/h1-5H,6-11,19H2. The molecule has 1 aromatic carbocycles. The first kappa shape index (κ1) is 16.6. The Balaban J connectivity index is 1.87. The minimum absolute atomic E-state index is 0.00430. The summed E-state index contributed by atoms with van der Waals surface area (Å²) in [6.07, 6.45) is -5.31. The average molecular weight is 316 g/mol. The van der Waals surface area contributed by atoms with E-state index in [1.54, 1.807) is 0 Å². The van der Waals surface area contributed by atoms with E-state index in [0.29, 0.717) is 0 Å². The van der Waals surface area contributed by atoms with E-state index in [0.717, 1.165) is 5.56 Å². The van der Waals surface area contributed by atoms with Crippen LogP contribution in [0.5, 0.6) is 0 Å². The molecule has 0 aromatic heterocycles. The second-order valence-corrected chi connectivity index (χ2v) is 5.51. The Morgan fingerprint density at radius 3 is 2.32 bits per heavy atom. The Labute approximate surface area is 127 Å². The van der Waals surface area contributed by atoms with Gasteiger partial charge in [0.05, 0.1) is 5.41 Å². The smallest absolute Gasteiger partial charge is 0.410 e. The lowest BCUT2D eigenvalue weighted by molar-refractivity contribution is -0.232. The van der Waals surface area contributed by atoms with Crippen molar-refractivity contribution in [2.45, 2.75) is 25.6 Å². The van der Waals surface area contributed by atoms with Crippen molar-refractivity contribution in [3.05, 3.63) is 35.9 Å². The van der Waals surface area contributed by atoms with E-state index in [1.807, 2.05) is 30.3 Å². The average Bonchev–Trinajstić information content (AvgIpc) is 2.52. The van der Waals surface area contributed by atoms with Gasteiger partial charge >= 0.3 is 12.3 Å². The molecule has 0 saturated carbocycles. The molecule has 1 aliphatic heterocycles. The molecule has 1 amide bonds. The van der Waals surface area contributed by atoms with Crippen molar-refractivity contribution in [1.82, 2.24) is 4.90 Å². The van der Waals surface area contributed by atoms with Crippen molar-refractivity contribution in [2.75, 3.05) is 19.6 Å². The fraction of sp³-hybridized carbons (Fsp3) is 0.533. The fourth-order valence-corrected chi connectivity index (χ4v) is 2.53. The van der Waals surface area contributed by atoms with Crippen LogP contribution in [0.3, 0.4) is 0 Å². The highest BCUT2D eigenvalue weighted by atomic mass is 19.4. The molecule has 2 rings (SSSR count). The summed E-state index contributed by atoms with van der Waals surface area (Å²) in [7, 11) is 0. The molecule has 1 saturated heterocycles. The van der Waals surface area contributed by atoms with E-state index in [4.69, 9.17) is 10.5 Å². The third kappa shape index (κ3) is 3.52. The predicted octanol–water partition coefficient (Wildman–Crippen LogP) is 2.93. The van der Waals surface area contributed by atoms with Crippen molar-refractivity contribution >= 4 is 6.09 Å². The highest BCUT2D eigenvalue weighted by Crippen LogP contribution is 2.45. The zero-order valence-corrected chi connectivity index (χ0v) is 12.1. The van der Waals surface area contributed by atoms with E-state index in [1.165, 1.54) is 4.90 Å². The van der Waals surface area contributed by atoms with Crippen LogP contribution >= 0.6 is 0 Å². The number of benzene rings is 1. The van der Waals surface area contributed by atoms with Crippen LogP contribution < -0.4 is 5.73 Å². The maximum absolute atomic E-state index is 13.1. The topological polar surface area (TPSA) is 55.6 Å². The van der Waals surface area contributed by atoms with E-state index in [2.05, 4.69) is 0 Å². The van der Waals surface area contributed by atoms with Crippen LogP contribution in [0.2, 0.25) is 0 Å². The normalized spacial score (nSPS) is 18.1. The maximum Gasteiger partial charge on any atom is 0.410 e. The molecule has 0 radical (unpaired) electrons. The van der Waals surface area contributed by atoms with Crippen LogP contribution in [0.1, 0.15) is 18.4 Å². The monoisotopic (exact) mass is 316 g/mol. The number of piperidine rings is 1. The van der Waals surface area contributed by atoms with Gasteiger partial charge in [0.1, 0.15) is 6.61 Å². The van der Waals surface area contributed by atoms with Gasteiger partial charge in [-0.05, 0) is 18.4 Å². The molecule has 0 unspecified atom stereocenters. The minimum atomic E-state index is -4.35. The molecule has 4 nitrogen and oxygen atoms in total. The van der Waals surface area contributed by atoms with E-state index in [-0.39, 0.29) is 32.5 Å². The van der Waals surface area contributed by atoms with Crippen LogP contribution in [0, 0.1) is 5.41 Å². The number of halogens is 3. The van der Waals surface area contributed by atoms with Crippen LogP contribution in [-0.2, 0) is 11.3 Å². The van der Waals surface area contributed by atoms with Crippen LogP contribution in [-0.4, -0.2) is 36.8 Å². The molecule has 1 aliphatic rings. The van der Waals surface area contributed by atoms with Gasteiger partial charge in [-0.1, -0.05) is 30.3 Å². The van der Waals surface area contributed by atoms with Crippen LogP contribution in [0.25, 0.3) is 0 Å². The first-order valence-corrected chi connectivity index (χ1v) is 7.10. The van der Waals surface area contributed by atoms with Crippen LogP contribution in [0.4, 0.5) is 18.0 Å². The molecular formula is C15H19F3N2O2. The van der Waals surface area contributed by atoms with Gasteiger partial charge in [0.2, 0.25) is 0 Å². The highest BCUT2D eigenvalue weighted by molar-refractivity contribution is 5.67. The molecule has 2 N–H and O–H groups in total. The summed E-state index contributed by atoms with van der Waals surface area (Å²) in [4.78, 5) is 13.2. The number of rotatable bonds is 3. The lowest BCUT2D eigenvalue weighted by Crippen LogP contribution is -2.53. The summed E-state index contributed by atoms with van der Waals surface area (Å²) in [5.74, 6) is 0. The van der Waals surface area contributed by atoms with Crippen molar-refractivity contribution in [3.8, 4) is 0 Å². The molecule has 1 fully saturated rings. The third-order valence-electron chi connectivity index (χ3n) is 4.18. The zero-order chi connectivity index (χ0) is 16.2. The summed E-state index contributed by atoms with van der Waals surface area (Å²) < 4.78 is 44.4. The first-order valence-electron chi connectivity index (χ1n) is 7.10. The van der Waals surface area contributed by atoms with Crippen molar-refractivity contribution < 1.29 is 22.7 Å². The van der Waals surface area contributed by atoms with E-state index in [9.17, 15) is 18.0 Å². The van der Waals surface area contributed by atoms with Crippen molar-refractivity contribution in [1.29, 1.82) is 0 Å². The Kier molecular flexibility index (Phi) is 4.95. The summed E-state index contributed by atoms with van der Waals surface area (Å²) in [6.45, 7) is -0.338. The van der Waals surface area contributed by atoms with Gasteiger partial charge in [0.25, 0.3) is 0 Å². The molecule has 1 aromatic rings. The van der Waals surface area contributed by atoms with Crippen molar-refractivity contribution in [2.24, 2.45) is 11.1 Å². The maximum atomic E-state index is 13.1. The number of carbonyl (C=O) groups excluding carboxylic acids is 1. The molecule has 0 aliphatic carbocycles. The summed E-state index contributed by atoms with van der Waals surface area (Å²) in [5, 5.41) is 0. The second kappa shape index (κ2) is 6.56. The number of likely N-dealkylation sites (tertiary alicyclic amines) is 1. The second-order valence-electron chi connectivity index (χ2n) is 5.51. The van der Waals surface area contributed by atoms with Gasteiger partial charge in [-0.2, -0.15) is 13.2 Å². The Morgan fingerprint density at radius 2 is 1.82 bits per heavy atom. The number of carbonyl (C=O) groups is 1. The first-order chi connectivity index (χ1) is 10.4. The van der Waals surface area contributed by atoms with Gasteiger partial charge < -0.3 is 15.4 Å². The number of hydrogen-bond donors (Lipinski definition) is 1. The lowest BCUT2D eigenvalue weighted by Gasteiger charge is -2.41. The summed E-state index contributed by atoms with van der Waals surface area (Å²) in [6, 6.07) is 9.12. The number of ether oxygens (including phenoxy) is 1. The van der Waals surface area contributed by atoms with Gasteiger partial charge in [-0.25, -0.2) is 4.79 Å². The number of nitrogens with two attached hydrogens (primary N) is 1. The van der Waals surface area contributed by atoms with E-state index < -0.39 is 24.2 Å². The molecule has 122 valence electrons. The summed E-state index contributed by atoms with van der Waals surface area (Å²) >= 11 is 0. The SMILES string of the molecule is NCC1(C(F)(F)F)CCN(C(=O)OCc2ccccc2)CC1. The quantitative estimate of drug-likeness (QED) is 0.933. The number of amides is 1. The highest BCUT2D eigenvalue weighted by Gasteiger charge is 2.55.